The quantitative estimate of drug-likeness (QED) is 0.851. The van der Waals surface area contributed by atoms with E-state index in [0.29, 0.717) is 12.2 Å². The average Bonchev–Trinajstić information content (AvgIpc) is 2.53. The fraction of sp³-hybridized carbons (Fsp3) is 0.688. The van der Waals surface area contributed by atoms with Crippen molar-refractivity contribution in [3.05, 3.63) is 16.8 Å². The molecule has 1 saturated heterocycles. The Hall–Kier alpha value is -1.67. The molecule has 0 saturated carbocycles. The van der Waals surface area contributed by atoms with Gasteiger partial charge in [0.05, 0.1) is 24.4 Å². The lowest BCUT2D eigenvalue weighted by atomic mass is 10.0. The van der Waals surface area contributed by atoms with Crippen LogP contribution in [0.2, 0.25) is 0 Å². The van der Waals surface area contributed by atoms with E-state index in [0.717, 1.165) is 42.9 Å². The zero-order chi connectivity index (χ0) is 15.4. The first-order valence-corrected chi connectivity index (χ1v) is 7.82. The van der Waals surface area contributed by atoms with Crippen LogP contribution in [-0.4, -0.2) is 35.5 Å². The third-order valence-corrected chi connectivity index (χ3v) is 4.15. The van der Waals surface area contributed by atoms with Crippen LogP contribution in [0.4, 0.5) is 5.82 Å². The van der Waals surface area contributed by atoms with Crippen molar-refractivity contribution in [1.82, 2.24) is 10.2 Å². The summed E-state index contributed by atoms with van der Waals surface area (Å²) in [6.45, 7) is 9.75. The standard InChI is InChI=1S/C16H24N4O/c1-5-12-10-21-11(4)9-20(12)16-14(8-17)13(6-2)15(7-3)18-19-16/h11-12H,5-7,9-10H2,1-4H3. The molecule has 1 fully saturated rings. The molecule has 1 aliphatic heterocycles. The van der Waals surface area contributed by atoms with Crippen LogP contribution in [0.1, 0.15) is 50.9 Å². The van der Waals surface area contributed by atoms with Gasteiger partial charge in [-0.1, -0.05) is 20.8 Å². The molecular weight excluding hydrogens is 264 g/mol. The molecule has 2 unspecified atom stereocenters. The van der Waals surface area contributed by atoms with E-state index >= 15 is 0 Å². The Kier molecular flexibility index (Phi) is 5.13. The largest absolute Gasteiger partial charge is 0.375 e. The Morgan fingerprint density at radius 3 is 2.62 bits per heavy atom. The smallest absolute Gasteiger partial charge is 0.169 e. The second-order valence-corrected chi connectivity index (χ2v) is 5.50. The van der Waals surface area contributed by atoms with Crippen LogP contribution < -0.4 is 4.90 Å². The van der Waals surface area contributed by atoms with E-state index < -0.39 is 0 Å². The van der Waals surface area contributed by atoms with Gasteiger partial charge in [0.15, 0.2) is 5.82 Å². The monoisotopic (exact) mass is 288 g/mol. The van der Waals surface area contributed by atoms with E-state index in [1.807, 2.05) is 0 Å². The molecular formula is C16H24N4O. The second-order valence-electron chi connectivity index (χ2n) is 5.50. The fourth-order valence-electron chi connectivity index (χ4n) is 2.92. The summed E-state index contributed by atoms with van der Waals surface area (Å²) in [4.78, 5) is 2.21. The van der Waals surface area contributed by atoms with Crippen molar-refractivity contribution in [2.24, 2.45) is 0 Å². The predicted octanol–water partition coefficient (Wildman–Crippen LogP) is 2.48. The molecule has 21 heavy (non-hydrogen) atoms. The maximum absolute atomic E-state index is 9.63. The molecule has 114 valence electrons. The molecule has 0 radical (unpaired) electrons. The number of morpholine rings is 1. The molecule has 0 aliphatic carbocycles. The highest BCUT2D eigenvalue weighted by atomic mass is 16.5. The van der Waals surface area contributed by atoms with Crippen LogP contribution in [0.3, 0.4) is 0 Å². The lowest BCUT2D eigenvalue weighted by Crippen LogP contribution is -2.49. The van der Waals surface area contributed by atoms with Gasteiger partial charge in [-0.15, -0.1) is 5.10 Å². The topological polar surface area (TPSA) is 62.0 Å². The van der Waals surface area contributed by atoms with Crippen LogP contribution in [0.15, 0.2) is 0 Å². The van der Waals surface area contributed by atoms with E-state index in [9.17, 15) is 5.26 Å². The second kappa shape index (κ2) is 6.86. The zero-order valence-electron chi connectivity index (χ0n) is 13.4. The minimum Gasteiger partial charge on any atom is -0.375 e. The van der Waals surface area contributed by atoms with Gasteiger partial charge >= 0.3 is 0 Å². The Balaban J connectivity index is 2.49. The highest BCUT2D eigenvalue weighted by molar-refractivity contribution is 5.59. The number of nitrogens with zero attached hydrogens (tertiary/aromatic N) is 4. The molecule has 1 aliphatic rings. The summed E-state index contributed by atoms with van der Waals surface area (Å²) in [5.41, 5.74) is 2.67. The maximum Gasteiger partial charge on any atom is 0.169 e. The number of hydrogen-bond acceptors (Lipinski definition) is 5. The van der Waals surface area contributed by atoms with E-state index in [1.54, 1.807) is 0 Å². The molecule has 0 spiro atoms. The van der Waals surface area contributed by atoms with Crippen LogP contribution in [0.5, 0.6) is 0 Å². The molecule has 1 aromatic rings. The molecule has 2 atom stereocenters. The van der Waals surface area contributed by atoms with Gasteiger partial charge in [0.2, 0.25) is 0 Å². The summed E-state index contributed by atoms with van der Waals surface area (Å²) < 4.78 is 5.74. The molecule has 0 bridgehead atoms. The van der Waals surface area contributed by atoms with Crippen LogP contribution in [-0.2, 0) is 17.6 Å². The number of ether oxygens (including phenoxy) is 1. The number of nitriles is 1. The van der Waals surface area contributed by atoms with E-state index in [1.165, 1.54) is 0 Å². The minimum atomic E-state index is 0.150. The third kappa shape index (κ3) is 3.01. The number of hydrogen-bond donors (Lipinski definition) is 0. The Bertz CT molecular complexity index is 538. The van der Waals surface area contributed by atoms with Gasteiger partial charge in [0.1, 0.15) is 11.6 Å². The first-order chi connectivity index (χ1) is 10.2. The highest BCUT2D eigenvalue weighted by Gasteiger charge is 2.30. The van der Waals surface area contributed by atoms with E-state index in [4.69, 9.17) is 4.74 Å². The molecule has 5 heteroatoms. The minimum absolute atomic E-state index is 0.150. The van der Waals surface area contributed by atoms with Gasteiger partial charge in [-0.2, -0.15) is 10.4 Å². The Morgan fingerprint density at radius 1 is 1.29 bits per heavy atom. The molecule has 5 nitrogen and oxygen atoms in total. The van der Waals surface area contributed by atoms with Gasteiger partial charge in [-0.05, 0) is 31.7 Å². The molecule has 2 rings (SSSR count). The number of anilines is 1. The predicted molar refractivity (Wildman–Crippen MR) is 82.3 cm³/mol. The first-order valence-electron chi connectivity index (χ1n) is 7.82. The average molecular weight is 288 g/mol. The van der Waals surface area contributed by atoms with Crippen molar-refractivity contribution in [3.63, 3.8) is 0 Å². The van der Waals surface area contributed by atoms with Crippen molar-refractivity contribution >= 4 is 5.82 Å². The van der Waals surface area contributed by atoms with Crippen molar-refractivity contribution in [3.8, 4) is 6.07 Å². The summed E-state index contributed by atoms with van der Waals surface area (Å²) in [6, 6.07) is 2.63. The van der Waals surface area contributed by atoms with Crippen molar-refractivity contribution in [2.45, 2.75) is 59.1 Å². The fourth-order valence-corrected chi connectivity index (χ4v) is 2.92. The van der Waals surface area contributed by atoms with Gasteiger partial charge < -0.3 is 9.64 Å². The molecule has 0 N–H and O–H groups in total. The van der Waals surface area contributed by atoms with Gasteiger partial charge in [0.25, 0.3) is 0 Å². The van der Waals surface area contributed by atoms with Crippen molar-refractivity contribution < 1.29 is 4.74 Å². The van der Waals surface area contributed by atoms with Crippen molar-refractivity contribution in [1.29, 1.82) is 5.26 Å². The van der Waals surface area contributed by atoms with Crippen LogP contribution >= 0.6 is 0 Å². The SMILES string of the molecule is CCc1nnc(N2CC(C)OCC2CC)c(C#N)c1CC. The summed E-state index contributed by atoms with van der Waals surface area (Å²) >= 11 is 0. The van der Waals surface area contributed by atoms with Crippen molar-refractivity contribution in [2.75, 3.05) is 18.1 Å². The first kappa shape index (κ1) is 15.7. The summed E-state index contributed by atoms with van der Waals surface area (Å²) in [6.07, 6.45) is 2.74. The Labute approximate surface area is 126 Å². The molecule has 2 heterocycles. The van der Waals surface area contributed by atoms with Gasteiger partial charge in [0, 0.05) is 6.54 Å². The maximum atomic E-state index is 9.63. The molecule has 0 amide bonds. The molecule has 0 aromatic carbocycles. The number of rotatable bonds is 4. The summed E-state index contributed by atoms with van der Waals surface area (Å²) in [7, 11) is 0. The summed E-state index contributed by atoms with van der Waals surface area (Å²) in [5.74, 6) is 0.730. The lowest BCUT2D eigenvalue weighted by molar-refractivity contribution is 0.0295. The van der Waals surface area contributed by atoms with E-state index in [-0.39, 0.29) is 12.1 Å². The Morgan fingerprint density at radius 2 is 2.05 bits per heavy atom. The van der Waals surface area contributed by atoms with Crippen LogP contribution in [0, 0.1) is 11.3 Å². The van der Waals surface area contributed by atoms with E-state index in [2.05, 4.69) is 48.9 Å². The zero-order valence-corrected chi connectivity index (χ0v) is 13.4. The molecule has 1 aromatic heterocycles. The van der Waals surface area contributed by atoms with Gasteiger partial charge in [-0.25, -0.2) is 0 Å². The normalized spacial score (nSPS) is 22.1. The van der Waals surface area contributed by atoms with Crippen LogP contribution in [0.25, 0.3) is 0 Å². The number of aromatic nitrogens is 2. The van der Waals surface area contributed by atoms with Gasteiger partial charge in [-0.3, -0.25) is 0 Å². The highest BCUT2D eigenvalue weighted by Crippen LogP contribution is 2.28. The lowest BCUT2D eigenvalue weighted by Gasteiger charge is -2.39. The third-order valence-electron chi connectivity index (χ3n) is 4.15. The summed E-state index contributed by atoms with van der Waals surface area (Å²) in [5, 5.41) is 18.4. The number of aryl methyl sites for hydroxylation is 1.